The molecule has 0 aromatic heterocycles. The van der Waals surface area contributed by atoms with Gasteiger partial charge in [-0.2, -0.15) is 0 Å². The van der Waals surface area contributed by atoms with Gasteiger partial charge in [0.1, 0.15) is 5.75 Å². The van der Waals surface area contributed by atoms with Gasteiger partial charge >= 0.3 is 0 Å². The molecule has 0 saturated carbocycles. The number of hydrogen-bond acceptors (Lipinski definition) is 3. The largest absolute Gasteiger partial charge is 0.492 e. The maximum Gasteiger partial charge on any atom is 0.223 e. The summed E-state index contributed by atoms with van der Waals surface area (Å²) < 4.78 is 6.39. The number of piperidine rings is 1. The number of ether oxygens (including phenoxy) is 1. The highest BCUT2D eigenvalue weighted by molar-refractivity contribution is 9.10. The topological polar surface area (TPSA) is 50.4 Å². The second kappa shape index (κ2) is 9.60. The van der Waals surface area contributed by atoms with E-state index < -0.39 is 0 Å². The van der Waals surface area contributed by atoms with E-state index in [4.69, 9.17) is 16.3 Å². The van der Waals surface area contributed by atoms with Crippen molar-refractivity contribution in [3.63, 3.8) is 0 Å². The molecule has 124 valence electrons. The Morgan fingerprint density at radius 2 is 2.32 bits per heavy atom. The third kappa shape index (κ3) is 5.95. The van der Waals surface area contributed by atoms with E-state index in [-0.39, 0.29) is 24.4 Å². The van der Waals surface area contributed by atoms with E-state index in [9.17, 15) is 4.79 Å². The van der Waals surface area contributed by atoms with E-state index >= 15 is 0 Å². The quantitative estimate of drug-likeness (QED) is 0.778. The zero-order valence-electron chi connectivity index (χ0n) is 12.4. The summed E-state index contributed by atoms with van der Waals surface area (Å²) in [6.45, 7) is 3.48. The molecule has 1 heterocycles. The summed E-state index contributed by atoms with van der Waals surface area (Å²) in [4.78, 5) is 11.9. The normalized spacial score (nSPS) is 20.9. The first kappa shape index (κ1) is 19.6. The van der Waals surface area contributed by atoms with Crippen molar-refractivity contribution in [2.45, 2.75) is 38.3 Å². The first-order valence-electron chi connectivity index (χ1n) is 7.17. The van der Waals surface area contributed by atoms with Crippen molar-refractivity contribution in [3.05, 3.63) is 27.7 Å². The average molecular weight is 412 g/mol. The SMILES string of the molecule is CC1NCCCC1NC(=O)CCOc1ccc(Cl)cc1Br.Cl. The fraction of sp³-hybridized carbons (Fsp3) is 0.533. The van der Waals surface area contributed by atoms with E-state index in [0.717, 1.165) is 23.9 Å². The zero-order chi connectivity index (χ0) is 15.2. The van der Waals surface area contributed by atoms with Crippen LogP contribution < -0.4 is 15.4 Å². The molecule has 2 rings (SSSR count). The van der Waals surface area contributed by atoms with E-state index in [1.54, 1.807) is 18.2 Å². The molecular weight excluding hydrogens is 391 g/mol. The molecule has 2 atom stereocenters. The number of amides is 1. The van der Waals surface area contributed by atoms with Gasteiger partial charge in [0.2, 0.25) is 5.91 Å². The minimum absolute atomic E-state index is 0. The van der Waals surface area contributed by atoms with Crippen molar-refractivity contribution >= 4 is 45.8 Å². The Balaban J connectivity index is 0.00000242. The van der Waals surface area contributed by atoms with Crippen LogP contribution in [0.25, 0.3) is 0 Å². The molecule has 0 radical (unpaired) electrons. The summed E-state index contributed by atoms with van der Waals surface area (Å²) in [5.74, 6) is 0.723. The highest BCUT2D eigenvalue weighted by Crippen LogP contribution is 2.27. The molecule has 1 aromatic rings. The zero-order valence-corrected chi connectivity index (χ0v) is 15.6. The number of rotatable bonds is 5. The summed E-state index contributed by atoms with van der Waals surface area (Å²) in [7, 11) is 0. The van der Waals surface area contributed by atoms with Crippen molar-refractivity contribution in [3.8, 4) is 5.75 Å². The lowest BCUT2D eigenvalue weighted by molar-refractivity contribution is -0.122. The Morgan fingerprint density at radius 3 is 3.00 bits per heavy atom. The molecular formula is C15H21BrCl2N2O2. The van der Waals surface area contributed by atoms with Gasteiger partial charge in [0, 0.05) is 17.1 Å². The maximum atomic E-state index is 11.9. The van der Waals surface area contributed by atoms with Crippen molar-refractivity contribution in [1.29, 1.82) is 0 Å². The molecule has 2 unspecified atom stereocenters. The van der Waals surface area contributed by atoms with Gasteiger partial charge in [0.05, 0.1) is 17.5 Å². The second-order valence-corrected chi connectivity index (χ2v) is 6.52. The predicted octanol–water partition coefficient (Wildman–Crippen LogP) is 3.55. The van der Waals surface area contributed by atoms with Crippen LogP contribution in [0.1, 0.15) is 26.2 Å². The Kier molecular flexibility index (Phi) is 8.54. The van der Waals surface area contributed by atoms with Gasteiger partial charge in [-0.1, -0.05) is 11.6 Å². The number of benzene rings is 1. The summed E-state index contributed by atoms with van der Waals surface area (Å²) in [6.07, 6.45) is 2.48. The fourth-order valence-corrected chi connectivity index (χ4v) is 3.16. The van der Waals surface area contributed by atoms with Crippen LogP contribution in [0.4, 0.5) is 0 Å². The smallest absolute Gasteiger partial charge is 0.223 e. The molecule has 0 spiro atoms. The predicted molar refractivity (Wildman–Crippen MR) is 95.1 cm³/mol. The number of halogens is 3. The maximum absolute atomic E-state index is 11.9. The monoisotopic (exact) mass is 410 g/mol. The van der Waals surface area contributed by atoms with Gasteiger partial charge in [-0.3, -0.25) is 4.79 Å². The minimum atomic E-state index is 0. The van der Waals surface area contributed by atoms with E-state index in [1.165, 1.54) is 0 Å². The number of carbonyl (C=O) groups is 1. The summed E-state index contributed by atoms with van der Waals surface area (Å²) in [5.41, 5.74) is 0. The molecule has 0 aliphatic carbocycles. The van der Waals surface area contributed by atoms with E-state index in [0.29, 0.717) is 29.8 Å². The van der Waals surface area contributed by atoms with Crippen LogP contribution in [0.15, 0.2) is 22.7 Å². The lowest BCUT2D eigenvalue weighted by atomic mass is 10.00. The third-order valence-electron chi connectivity index (χ3n) is 3.59. The minimum Gasteiger partial charge on any atom is -0.492 e. The van der Waals surface area contributed by atoms with Gasteiger partial charge < -0.3 is 15.4 Å². The molecule has 1 aromatic carbocycles. The molecule has 22 heavy (non-hydrogen) atoms. The fourth-order valence-electron chi connectivity index (χ4n) is 2.37. The third-order valence-corrected chi connectivity index (χ3v) is 4.44. The Morgan fingerprint density at radius 1 is 1.55 bits per heavy atom. The summed E-state index contributed by atoms with van der Waals surface area (Å²) in [5, 5.41) is 7.08. The molecule has 2 N–H and O–H groups in total. The van der Waals surface area contributed by atoms with Gasteiger partial charge in [0.15, 0.2) is 0 Å². The Bertz CT molecular complexity index is 502. The van der Waals surface area contributed by atoms with Crippen LogP contribution >= 0.6 is 39.9 Å². The second-order valence-electron chi connectivity index (χ2n) is 5.23. The van der Waals surface area contributed by atoms with Crippen LogP contribution in [0, 0.1) is 0 Å². The first-order chi connectivity index (χ1) is 10.1. The van der Waals surface area contributed by atoms with Crippen molar-refractivity contribution < 1.29 is 9.53 Å². The Hall–Kier alpha value is -0.490. The standard InChI is InChI=1S/C15H20BrClN2O2.ClH/c1-10-13(3-2-7-18-10)19-15(20)6-8-21-14-5-4-11(17)9-12(14)16;/h4-5,9-10,13,18H,2-3,6-8H2,1H3,(H,19,20);1H. The average Bonchev–Trinajstić information content (AvgIpc) is 2.44. The molecule has 1 saturated heterocycles. The molecule has 1 amide bonds. The lowest BCUT2D eigenvalue weighted by Crippen LogP contribution is -2.52. The number of carbonyl (C=O) groups excluding carboxylic acids is 1. The van der Waals surface area contributed by atoms with Gasteiger partial charge in [0.25, 0.3) is 0 Å². The molecule has 4 nitrogen and oxygen atoms in total. The van der Waals surface area contributed by atoms with Crippen LogP contribution in [-0.2, 0) is 4.79 Å². The number of nitrogens with one attached hydrogen (secondary N) is 2. The first-order valence-corrected chi connectivity index (χ1v) is 8.34. The van der Waals surface area contributed by atoms with Crippen LogP contribution in [0.5, 0.6) is 5.75 Å². The van der Waals surface area contributed by atoms with Crippen molar-refractivity contribution in [2.24, 2.45) is 0 Å². The molecule has 0 bridgehead atoms. The van der Waals surface area contributed by atoms with Crippen LogP contribution in [0.3, 0.4) is 0 Å². The molecule has 1 aliphatic rings. The van der Waals surface area contributed by atoms with Gasteiger partial charge in [-0.25, -0.2) is 0 Å². The number of hydrogen-bond donors (Lipinski definition) is 2. The molecule has 7 heteroatoms. The van der Waals surface area contributed by atoms with Crippen molar-refractivity contribution in [1.82, 2.24) is 10.6 Å². The highest BCUT2D eigenvalue weighted by Gasteiger charge is 2.22. The molecule has 1 aliphatic heterocycles. The lowest BCUT2D eigenvalue weighted by Gasteiger charge is -2.30. The van der Waals surface area contributed by atoms with E-state index in [2.05, 4.69) is 33.5 Å². The summed E-state index contributed by atoms with van der Waals surface area (Å²) in [6, 6.07) is 5.86. The molecule has 1 fully saturated rings. The highest BCUT2D eigenvalue weighted by atomic mass is 79.9. The van der Waals surface area contributed by atoms with Gasteiger partial charge in [-0.05, 0) is 60.4 Å². The van der Waals surface area contributed by atoms with E-state index in [1.807, 2.05) is 0 Å². The van der Waals surface area contributed by atoms with Crippen molar-refractivity contribution in [2.75, 3.05) is 13.2 Å². The van der Waals surface area contributed by atoms with Crippen LogP contribution in [-0.4, -0.2) is 31.1 Å². The van der Waals surface area contributed by atoms with Gasteiger partial charge in [-0.15, -0.1) is 12.4 Å². The Labute approximate surface area is 150 Å². The van der Waals surface area contributed by atoms with Crippen LogP contribution in [0.2, 0.25) is 5.02 Å². The summed E-state index contributed by atoms with van der Waals surface area (Å²) >= 11 is 9.25.